The summed E-state index contributed by atoms with van der Waals surface area (Å²) in [5.41, 5.74) is 2.09. The maximum absolute atomic E-state index is 12.1. The SMILES string of the molecule is Cc1cccc(N(C)C(=O)CC2CNCCO2)c1.Cl. The Morgan fingerprint density at radius 2 is 2.32 bits per heavy atom. The van der Waals surface area contributed by atoms with Crippen LogP contribution in [0.5, 0.6) is 0 Å². The van der Waals surface area contributed by atoms with E-state index in [9.17, 15) is 4.79 Å². The monoisotopic (exact) mass is 284 g/mol. The zero-order chi connectivity index (χ0) is 13.0. The average molecular weight is 285 g/mol. The van der Waals surface area contributed by atoms with E-state index in [0.717, 1.165) is 24.3 Å². The van der Waals surface area contributed by atoms with E-state index in [1.165, 1.54) is 0 Å². The number of carbonyl (C=O) groups is 1. The lowest BCUT2D eigenvalue weighted by Crippen LogP contribution is -2.41. The molecule has 1 fully saturated rings. The Balaban J connectivity index is 0.00000180. The van der Waals surface area contributed by atoms with Crippen LogP contribution in [-0.2, 0) is 9.53 Å². The van der Waals surface area contributed by atoms with Gasteiger partial charge in [-0.05, 0) is 24.6 Å². The van der Waals surface area contributed by atoms with Gasteiger partial charge in [-0.15, -0.1) is 12.4 Å². The summed E-state index contributed by atoms with van der Waals surface area (Å²) in [5, 5.41) is 3.23. The van der Waals surface area contributed by atoms with E-state index < -0.39 is 0 Å². The smallest absolute Gasteiger partial charge is 0.229 e. The van der Waals surface area contributed by atoms with Crippen molar-refractivity contribution in [3.63, 3.8) is 0 Å². The van der Waals surface area contributed by atoms with Crippen molar-refractivity contribution in [3.05, 3.63) is 29.8 Å². The highest BCUT2D eigenvalue weighted by Crippen LogP contribution is 2.16. The molecule has 0 spiro atoms. The number of carbonyl (C=O) groups excluding carboxylic acids is 1. The maximum atomic E-state index is 12.1. The van der Waals surface area contributed by atoms with Gasteiger partial charge in [0.2, 0.25) is 5.91 Å². The number of benzene rings is 1. The molecule has 19 heavy (non-hydrogen) atoms. The number of ether oxygens (including phenoxy) is 1. The Morgan fingerprint density at radius 3 is 2.95 bits per heavy atom. The number of anilines is 1. The van der Waals surface area contributed by atoms with Gasteiger partial charge in [0.25, 0.3) is 0 Å². The van der Waals surface area contributed by atoms with E-state index in [1.54, 1.807) is 4.90 Å². The first-order valence-electron chi connectivity index (χ1n) is 6.32. The quantitative estimate of drug-likeness (QED) is 0.920. The summed E-state index contributed by atoms with van der Waals surface area (Å²) in [4.78, 5) is 13.8. The molecule has 1 unspecified atom stereocenters. The van der Waals surface area contributed by atoms with E-state index in [2.05, 4.69) is 5.32 Å². The first kappa shape index (κ1) is 16.0. The second-order valence-corrected chi connectivity index (χ2v) is 4.69. The second-order valence-electron chi connectivity index (χ2n) is 4.69. The highest BCUT2D eigenvalue weighted by atomic mass is 35.5. The molecular formula is C14H21ClN2O2. The number of amides is 1. The van der Waals surface area contributed by atoms with E-state index >= 15 is 0 Å². The average Bonchev–Trinajstić information content (AvgIpc) is 2.39. The van der Waals surface area contributed by atoms with Crippen LogP contribution in [0.25, 0.3) is 0 Å². The standard InChI is InChI=1S/C14H20N2O2.ClH/c1-11-4-3-5-12(8-11)16(2)14(17)9-13-10-15-6-7-18-13;/h3-5,8,13,15H,6-7,9-10H2,1-2H3;1H. The zero-order valence-electron chi connectivity index (χ0n) is 11.4. The van der Waals surface area contributed by atoms with Crippen LogP contribution in [0, 0.1) is 6.92 Å². The fraction of sp³-hybridized carbons (Fsp3) is 0.500. The van der Waals surface area contributed by atoms with Crippen molar-refractivity contribution in [2.75, 3.05) is 31.6 Å². The third-order valence-corrected chi connectivity index (χ3v) is 3.17. The summed E-state index contributed by atoms with van der Waals surface area (Å²) in [6.45, 7) is 4.34. The van der Waals surface area contributed by atoms with Crippen molar-refractivity contribution < 1.29 is 9.53 Å². The molecule has 1 amide bonds. The van der Waals surface area contributed by atoms with Crippen LogP contribution in [0.3, 0.4) is 0 Å². The maximum Gasteiger partial charge on any atom is 0.229 e. The number of hydrogen-bond donors (Lipinski definition) is 1. The number of aryl methyl sites for hydroxylation is 1. The molecule has 1 aromatic rings. The highest BCUT2D eigenvalue weighted by Gasteiger charge is 2.20. The number of nitrogens with one attached hydrogen (secondary N) is 1. The van der Waals surface area contributed by atoms with Gasteiger partial charge in [-0.1, -0.05) is 12.1 Å². The third kappa shape index (κ3) is 4.49. The minimum atomic E-state index is -0.00138. The molecule has 0 aliphatic carbocycles. The topological polar surface area (TPSA) is 41.6 Å². The van der Waals surface area contributed by atoms with Gasteiger partial charge < -0.3 is 15.0 Å². The van der Waals surface area contributed by atoms with Gasteiger partial charge in [0.15, 0.2) is 0 Å². The fourth-order valence-corrected chi connectivity index (χ4v) is 2.06. The summed E-state index contributed by atoms with van der Waals surface area (Å²) in [6.07, 6.45) is 0.427. The van der Waals surface area contributed by atoms with Gasteiger partial charge in [0, 0.05) is 25.8 Å². The Hall–Kier alpha value is -1.10. The molecule has 106 valence electrons. The normalized spacial score (nSPS) is 18.5. The number of nitrogens with zero attached hydrogens (tertiary/aromatic N) is 1. The molecule has 0 aromatic heterocycles. The minimum absolute atomic E-state index is 0. The largest absolute Gasteiger partial charge is 0.375 e. The van der Waals surface area contributed by atoms with Crippen LogP contribution < -0.4 is 10.2 Å². The molecule has 1 N–H and O–H groups in total. The van der Waals surface area contributed by atoms with E-state index in [-0.39, 0.29) is 24.4 Å². The van der Waals surface area contributed by atoms with Gasteiger partial charge in [0.05, 0.1) is 19.1 Å². The van der Waals surface area contributed by atoms with Crippen molar-refractivity contribution >= 4 is 24.0 Å². The van der Waals surface area contributed by atoms with Gasteiger partial charge >= 0.3 is 0 Å². The summed E-state index contributed by atoms with van der Waals surface area (Å²) in [6, 6.07) is 7.95. The molecular weight excluding hydrogens is 264 g/mol. The van der Waals surface area contributed by atoms with Gasteiger partial charge in [0.1, 0.15) is 0 Å². The van der Waals surface area contributed by atoms with Crippen molar-refractivity contribution in [2.24, 2.45) is 0 Å². The molecule has 0 saturated carbocycles. The summed E-state index contributed by atoms with van der Waals surface area (Å²) >= 11 is 0. The van der Waals surface area contributed by atoms with Crippen LogP contribution in [0.4, 0.5) is 5.69 Å². The van der Waals surface area contributed by atoms with E-state index in [4.69, 9.17) is 4.74 Å². The fourth-order valence-electron chi connectivity index (χ4n) is 2.06. The van der Waals surface area contributed by atoms with E-state index in [0.29, 0.717) is 13.0 Å². The Morgan fingerprint density at radius 1 is 1.53 bits per heavy atom. The Labute approximate surface area is 120 Å². The summed E-state index contributed by atoms with van der Waals surface area (Å²) < 4.78 is 5.55. The minimum Gasteiger partial charge on any atom is -0.375 e. The predicted molar refractivity (Wildman–Crippen MR) is 79.1 cm³/mol. The molecule has 4 nitrogen and oxygen atoms in total. The molecule has 2 rings (SSSR count). The summed E-state index contributed by atoms with van der Waals surface area (Å²) in [5.74, 6) is 0.0919. The summed E-state index contributed by atoms with van der Waals surface area (Å²) in [7, 11) is 1.81. The highest BCUT2D eigenvalue weighted by molar-refractivity contribution is 5.93. The second kappa shape index (κ2) is 7.48. The van der Waals surface area contributed by atoms with Crippen molar-refractivity contribution in [1.29, 1.82) is 0 Å². The number of rotatable bonds is 3. The van der Waals surface area contributed by atoms with Crippen LogP contribution >= 0.6 is 12.4 Å². The number of halogens is 1. The van der Waals surface area contributed by atoms with Crippen LogP contribution in [0.15, 0.2) is 24.3 Å². The molecule has 1 aliphatic rings. The molecule has 1 heterocycles. The van der Waals surface area contributed by atoms with Gasteiger partial charge in [-0.25, -0.2) is 0 Å². The molecule has 1 aromatic carbocycles. The van der Waals surface area contributed by atoms with Crippen molar-refractivity contribution in [3.8, 4) is 0 Å². The van der Waals surface area contributed by atoms with Crippen LogP contribution in [0.1, 0.15) is 12.0 Å². The van der Waals surface area contributed by atoms with Crippen LogP contribution in [-0.4, -0.2) is 38.8 Å². The number of morpholine rings is 1. The molecule has 0 bridgehead atoms. The first-order chi connectivity index (χ1) is 8.66. The third-order valence-electron chi connectivity index (χ3n) is 3.17. The van der Waals surface area contributed by atoms with Crippen LogP contribution in [0.2, 0.25) is 0 Å². The predicted octanol–water partition coefficient (Wildman–Crippen LogP) is 1.76. The molecule has 5 heteroatoms. The molecule has 1 aliphatic heterocycles. The van der Waals surface area contributed by atoms with Crippen molar-refractivity contribution in [1.82, 2.24) is 5.32 Å². The molecule has 1 atom stereocenters. The lowest BCUT2D eigenvalue weighted by atomic mass is 10.1. The lowest BCUT2D eigenvalue weighted by Gasteiger charge is -2.25. The Bertz CT molecular complexity index is 420. The lowest BCUT2D eigenvalue weighted by molar-refractivity contribution is -0.121. The molecule has 1 saturated heterocycles. The zero-order valence-corrected chi connectivity index (χ0v) is 12.2. The Kier molecular flexibility index (Phi) is 6.28. The first-order valence-corrected chi connectivity index (χ1v) is 6.32. The van der Waals surface area contributed by atoms with Gasteiger partial charge in [-0.3, -0.25) is 4.79 Å². The van der Waals surface area contributed by atoms with Gasteiger partial charge in [-0.2, -0.15) is 0 Å². The number of hydrogen-bond acceptors (Lipinski definition) is 3. The molecule has 0 radical (unpaired) electrons. The van der Waals surface area contributed by atoms with Crippen molar-refractivity contribution in [2.45, 2.75) is 19.4 Å². The van der Waals surface area contributed by atoms with E-state index in [1.807, 2.05) is 38.2 Å².